The Morgan fingerprint density at radius 2 is 0.478 bits per heavy atom. The predicted molar refractivity (Wildman–Crippen MR) is 301 cm³/mol. The average Bonchev–Trinajstić information content (AvgIpc) is 1.60. The van der Waals surface area contributed by atoms with Gasteiger partial charge in [-0.3, -0.25) is 0 Å². The topological polar surface area (TPSA) is 72.9 Å². The Labute approximate surface area is 512 Å². The number of halogens is 20. The molecule has 0 unspecified atom stereocenters. The lowest BCUT2D eigenvalue weighted by molar-refractivity contribution is -0.686. The summed E-state index contributed by atoms with van der Waals surface area (Å²) in [7, 11) is 0. The van der Waals surface area contributed by atoms with E-state index in [1.807, 2.05) is 0 Å². The molecule has 9 rings (SSSR count). The van der Waals surface area contributed by atoms with E-state index in [0.717, 1.165) is 0 Å². The van der Waals surface area contributed by atoms with Crippen molar-refractivity contribution in [3.8, 4) is 45.0 Å². The van der Waals surface area contributed by atoms with Gasteiger partial charge in [-0.25, -0.2) is 9.97 Å². The minimum Gasteiger partial charge on any atom is -0.354 e. The predicted octanol–water partition coefficient (Wildman–Crippen LogP) is 17.9. The van der Waals surface area contributed by atoms with Crippen LogP contribution in [-0.4, -0.2) is 68.3 Å². The highest BCUT2D eigenvalue weighted by atomic mass is 19.4. The number of aromatic amines is 2. The van der Waals surface area contributed by atoms with Crippen LogP contribution in [0.1, 0.15) is 99.8 Å². The Bertz CT molecular complexity index is 3500. The second-order valence-electron chi connectivity index (χ2n) is 22.3. The van der Waals surface area contributed by atoms with E-state index in [1.54, 1.807) is 164 Å². The van der Waals surface area contributed by atoms with E-state index in [4.69, 9.17) is 9.97 Å². The number of aromatic nitrogens is 8. The number of fused-ring (bicyclic) bond motifs is 8. The molecule has 8 bridgehead atoms. The quantitative estimate of drug-likeness (QED) is 0.0359. The van der Waals surface area contributed by atoms with Gasteiger partial charge in [0.15, 0.2) is 24.8 Å². The van der Waals surface area contributed by atoms with Gasteiger partial charge in [-0.2, -0.15) is 106 Å². The monoisotopic (exact) mass is 1320 g/mol. The van der Waals surface area contributed by atoms with Crippen LogP contribution in [0.4, 0.5) is 87.8 Å². The van der Waals surface area contributed by atoms with Crippen molar-refractivity contribution in [3.05, 3.63) is 145 Å². The first-order valence-electron chi connectivity index (χ1n) is 29.1. The lowest BCUT2D eigenvalue weighted by atomic mass is 10.1. The maximum absolute atomic E-state index is 14.2. The molecule has 0 atom stereocenters. The molecular weight excluding hydrogens is 1260 g/mol. The van der Waals surface area contributed by atoms with Gasteiger partial charge in [-0.1, -0.05) is 0 Å². The van der Waals surface area contributed by atoms with Gasteiger partial charge in [0.2, 0.25) is 22.8 Å². The first kappa shape index (κ1) is 68.2. The number of alkyl halides is 20. The Hall–Kier alpha value is -8.20. The molecule has 0 saturated carbocycles. The third kappa shape index (κ3) is 15.1. The summed E-state index contributed by atoms with van der Waals surface area (Å²) in [5.41, 5.74) is 4.81. The summed E-state index contributed by atoms with van der Waals surface area (Å²) in [4.78, 5) is 17.3. The van der Waals surface area contributed by atoms with E-state index in [-0.39, 0.29) is 74.6 Å². The summed E-state index contributed by atoms with van der Waals surface area (Å²) >= 11 is 0. The van der Waals surface area contributed by atoms with E-state index in [0.29, 0.717) is 67.1 Å². The van der Waals surface area contributed by atoms with Crippen LogP contribution in [0.2, 0.25) is 0 Å². The van der Waals surface area contributed by atoms with E-state index in [2.05, 4.69) is 9.97 Å². The zero-order valence-corrected chi connectivity index (χ0v) is 48.4. The minimum absolute atomic E-state index is 0.0962. The number of aryl methyl sites for hydroxylation is 4. The molecule has 0 amide bonds. The molecule has 490 valence electrons. The van der Waals surface area contributed by atoms with Gasteiger partial charge in [0.1, 0.15) is 26.2 Å². The summed E-state index contributed by atoms with van der Waals surface area (Å²) < 4.78 is 279. The van der Waals surface area contributed by atoms with Gasteiger partial charge >= 0.3 is 48.4 Å². The van der Waals surface area contributed by atoms with Crippen LogP contribution >= 0.6 is 0 Å². The number of nitrogens with one attached hydrogen (secondary N) is 2. The number of pyridine rings is 4. The molecule has 0 radical (unpaired) electrons. The number of H-pyrrole nitrogens is 2. The Kier molecular flexibility index (Phi) is 19.9. The molecule has 7 aromatic heterocycles. The van der Waals surface area contributed by atoms with Crippen molar-refractivity contribution < 1.29 is 106 Å². The minimum atomic E-state index is -5.79. The average molecular weight is 1320 g/mol. The zero-order chi connectivity index (χ0) is 66.7. The van der Waals surface area contributed by atoms with E-state index >= 15 is 0 Å². The Morgan fingerprint density at radius 1 is 0.272 bits per heavy atom. The third-order valence-corrected chi connectivity index (χ3v) is 15.8. The van der Waals surface area contributed by atoms with E-state index < -0.39 is 99.8 Å². The van der Waals surface area contributed by atoms with Crippen molar-refractivity contribution in [2.75, 3.05) is 0 Å². The molecule has 28 heteroatoms. The first-order valence-corrected chi connectivity index (χ1v) is 29.1. The highest BCUT2D eigenvalue weighted by molar-refractivity contribution is 5.97. The molecule has 7 aromatic rings. The van der Waals surface area contributed by atoms with Crippen molar-refractivity contribution in [3.63, 3.8) is 0 Å². The Morgan fingerprint density at radius 3 is 0.674 bits per heavy atom. The summed E-state index contributed by atoms with van der Waals surface area (Å²) in [5, 5.41) is 0. The van der Waals surface area contributed by atoms with Gasteiger partial charge in [-0.15, -0.1) is 0 Å². The van der Waals surface area contributed by atoms with Crippen LogP contribution < -0.4 is 18.3 Å². The lowest BCUT2D eigenvalue weighted by Crippen LogP contribution is -2.38. The van der Waals surface area contributed by atoms with Crippen LogP contribution in [0, 0.1) is 0 Å². The molecule has 0 saturated heterocycles. The largest absolute Gasteiger partial charge is 0.453 e. The van der Waals surface area contributed by atoms with E-state index in [1.165, 1.54) is 0 Å². The Balaban J connectivity index is 1.31. The molecular formula is C64H58F20N8+4. The fraction of sp³-hybridized carbons (Fsp3) is 0.375. The number of unbranched alkanes of at least 4 members (excludes halogenated alkanes) is 4. The molecule has 2 N–H and O–H groups in total. The van der Waals surface area contributed by atoms with Gasteiger partial charge in [0, 0.05) is 99.9 Å². The fourth-order valence-electron chi connectivity index (χ4n) is 11.0. The van der Waals surface area contributed by atoms with Crippen LogP contribution in [0.3, 0.4) is 0 Å². The van der Waals surface area contributed by atoms with Crippen molar-refractivity contribution in [1.82, 2.24) is 19.9 Å². The van der Waals surface area contributed by atoms with Gasteiger partial charge in [0.05, 0.1) is 67.1 Å². The van der Waals surface area contributed by atoms with Crippen molar-refractivity contribution in [2.24, 2.45) is 0 Å². The molecule has 2 aliphatic rings. The smallest absolute Gasteiger partial charge is 0.354 e. The van der Waals surface area contributed by atoms with Crippen molar-refractivity contribution >= 4 is 46.4 Å². The zero-order valence-electron chi connectivity index (χ0n) is 48.4. The molecule has 8 nitrogen and oxygen atoms in total. The second kappa shape index (κ2) is 26.8. The fourth-order valence-corrected chi connectivity index (χ4v) is 11.0. The molecule has 92 heavy (non-hydrogen) atoms. The van der Waals surface area contributed by atoms with Crippen LogP contribution in [0.25, 0.3) is 91.4 Å². The van der Waals surface area contributed by atoms with Gasteiger partial charge in [0.25, 0.3) is 0 Å². The van der Waals surface area contributed by atoms with Gasteiger partial charge < -0.3 is 9.97 Å². The number of hydrogen-bond acceptors (Lipinski definition) is 2. The summed E-state index contributed by atoms with van der Waals surface area (Å²) in [6.45, 7) is -0.385. The highest BCUT2D eigenvalue weighted by Gasteiger charge is 2.59. The molecule has 0 fully saturated rings. The number of hydrogen-bond donors (Lipinski definition) is 2. The second-order valence-corrected chi connectivity index (χ2v) is 22.3. The maximum Gasteiger partial charge on any atom is 0.453 e. The molecule has 0 aromatic carbocycles. The summed E-state index contributed by atoms with van der Waals surface area (Å²) in [5.74, 6) is -19.9. The number of nitrogens with zero attached hydrogens (tertiary/aromatic N) is 6. The molecule has 2 aliphatic heterocycles. The van der Waals surface area contributed by atoms with Crippen LogP contribution in [-0.2, 0) is 26.2 Å². The van der Waals surface area contributed by atoms with Gasteiger partial charge in [-0.05, 0) is 98.5 Å². The molecule has 9 heterocycles. The lowest BCUT2D eigenvalue weighted by Gasteiger charge is -2.18. The van der Waals surface area contributed by atoms with Crippen LogP contribution in [0.15, 0.2) is 122 Å². The standard InChI is InChI=1S/C64H57F20N8/c65-57(66,61(73,74)75)29-5-13-37-89-33-9-1-17-49(89)53-41-21-23-43(85-41)54(50-18-2-10-34-90(50)38-14-6-30-58(67,68)62(76,77)78)45-25-27-47(87-45)56(52-20-4-12-36-92(52)40-16-8-32-60(71,72)64(82,83)84)48-28-26-46(88-48)55(44-24-22-42(53)86-44)51-19-3-11-35-91(51)39-15-7-31-59(69,70)63(79,80)81/h1-4,9-12,17-28,33-36H,5-8,13-16,29-32,37-40H2,(H,85,86,87,88)/q+3/p+1. The SMILES string of the molecule is FC(F)(F)C(F)(F)CCCC[n+]1ccccc1-c1c2nc(c(-c3cccc[n+]3CCCCC(F)(F)C(F)(F)F)c3ccc([nH]3)c(-c3cccc[n+]3CCCCC(F)(F)C(F)(F)F)c3nc(c(-c4cccc[n+]4CCCCC(F)(F)C(F)(F)F)c4ccc1[nH]4)C=C3)C=C2. The van der Waals surface area contributed by atoms with Crippen molar-refractivity contribution in [1.29, 1.82) is 0 Å². The summed E-state index contributed by atoms with van der Waals surface area (Å²) in [6.07, 6.45) is -19.3. The van der Waals surface area contributed by atoms with Crippen molar-refractivity contribution in [2.45, 2.75) is 152 Å². The number of rotatable bonds is 24. The third-order valence-electron chi connectivity index (χ3n) is 15.8. The maximum atomic E-state index is 14.2. The normalized spacial score (nSPS) is 13.6. The van der Waals surface area contributed by atoms with E-state index in [9.17, 15) is 87.8 Å². The summed E-state index contributed by atoms with van der Waals surface area (Å²) in [6, 6.07) is 26.2. The van der Waals surface area contributed by atoms with Crippen LogP contribution in [0.5, 0.6) is 0 Å². The highest BCUT2D eigenvalue weighted by Crippen LogP contribution is 2.44. The molecule has 0 aliphatic carbocycles. The molecule has 0 spiro atoms. The first-order chi connectivity index (χ1) is 43.2.